The van der Waals surface area contributed by atoms with Crippen LogP contribution in [0.4, 0.5) is 0 Å². The summed E-state index contributed by atoms with van der Waals surface area (Å²) >= 11 is 3.28. The Morgan fingerprint density at radius 2 is 2.40 bits per heavy atom. The summed E-state index contributed by atoms with van der Waals surface area (Å²) in [5, 5.41) is 10.4. The predicted molar refractivity (Wildman–Crippen MR) is 39.6 cm³/mol. The number of hydrogen-bond acceptors (Lipinski definition) is 2. The van der Waals surface area contributed by atoms with Gasteiger partial charge in [-0.25, -0.2) is 0 Å². The second kappa shape index (κ2) is 3.19. The largest absolute Gasteiger partial charge is 0.549 e. The molecule has 0 saturated heterocycles. The van der Waals surface area contributed by atoms with Crippen molar-refractivity contribution in [3.63, 3.8) is 0 Å². The Labute approximate surface area is 68.1 Å². The first kappa shape index (κ1) is 7.79. The zero-order valence-corrected chi connectivity index (χ0v) is 7.00. The average molecular weight is 204 g/mol. The Morgan fingerprint density at radius 3 is 2.80 bits per heavy atom. The van der Waals surface area contributed by atoms with Crippen molar-refractivity contribution in [1.82, 2.24) is 0 Å². The number of carbonyl (C=O) groups is 1. The van der Waals surface area contributed by atoms with E-state index in [4.69, 9.17) is 0 Å². The van der Waals surface area contributed by atoms with Gasteiger partial charge in [0.15, 0.2) is 0 Å². The number of rotatable bonds is 1. The molecule has 0 heterocycles. The van der Waals surface area contributed by atoms with Crippen LogP contribution in [0.3, 0.4) is 0 Å². The van der Waals surface area contributed by atoms with Gasteiger partial charge in [-0.1, -0.05) is 28.1 Å². The maximum Gasteiger partial charge on any atom is 0.0494 e. The van der Waals surface area contributed by atoms with Crippen LogP contribution in [0, 0.1) is 5.92 Å². The molecule has 2 nitrogen and oxygen atoms in total. The normalized spacial score (nSPS) is 32.1. The van der Waals surface area contributed by atoms with Crippen molar-refractivity contribution in [3.05, 3.63) is 12.2 Å². The van der Waals surface area contributed by atoms with E-state index in [2.05, 4.69) is 15.9 Å². The quantitative estimate of drug-likeness (QED) is 0.460. The van der Waals surface area contributed by atoms with E-state index in [0.717, 1.165) is 12.8 Å². The van der Waals surface area contributed by atoms with E-state index >= 15 is 0 Å². The molecule has 0 amide bonds. The lowest BCUT2D eigenvalue weighted by Crippen LogP contribution is -2.36. The highest BCUT2D eigenvalue weighted by molar-refractivity contribution is 9.09. The van der Waals surface area contributed by atoms with Gasteiger partial charge in [0, 0.05) is 16.7 Å². The zero-order valence-electron chi connectivity index (χ0n) is 5.42. The summed E-state index contributed by atoms with van der Waals surface area (Å²) in [4.78, 5) is 10.4. The molecule has 0 aromatic rings. The third-order valence-corrected chi connectivity index (χ3v) is 2.64. The fraction of sp³-hybridized carbons (Fsp3) is 0.571. The maximum atomic E-state index is 10.4. The van der Waals surface area contributed by atoms with Crippen LogP contribution in [0.15, 0.2) is 12.2 Å². The Hall–Kier alpha value is -0.310. The van der Waals surface area contributed by atoms with E-state index in [0.29, 0.717) is 0 Å². The molecule has 2 atom stereocenters. The second-order valence-corrected chi connectivity index (χ2v) is 3.54. The number of carboxylic acids is 1. The maximum absolute atomic E-state index is 10.4. The van der Waals surface area contributed by atoms with Crippen molar-refractivity contribution in [2.75, 3.05) is 0 Å². The summed E-state index contributed by atoms with van der Waals surface area (Å²) in [5.74, 6) is -1.42. The van der Waals surface area contributed by atoms with Gasteiger partial charge in [-0.3, -0.25) is 0 Å². The molecule has 0 N–H and O–H groups in total. The first-order valence-corrected chi connectivity index (χ1v) is 4.15. The first-order valence-electron chi connectivity index (χ1n) is 3.23. The second-order valence-electron chi connectivity index (χ2n) is 2.37. The molecule has 0 radical (unpaired) electrons. The lowest BCUT2D eigenvalue weighted by molar-refractivity contribution is -0.309. The molecule has 3 heteroatoms. The van der Waals surface area contributed by atoms with Crippen LogP contribution in [-0.4, -0.2) is 10.8 Å². The zero-order chi connectivity index (χ0) is 7.56. The Morgan fingerprint density at radius 1 is 1.70 bits per heavy atom. The number of carboxylic acid groups (broad SMARTS) is 1. The summed E-state index contributed by atoms with van der Waals surface area (Å²) in [7, 11) is 0. The number of alkyl halides is 1. The number of carbonyl (C=O) groups excluding carboxylic acids is 1. The van der Waals surface area contributed by atoms with Crippen molar-refractivity contribution < 1.29 is 9.90 Å². The van der Waals surface area contributed by atoms with Gasteiger partial charge in [0.2, 0.25) is 0 Å². The van der Waals surface area contributed by atoms with Crippen LogP contribution >= 0.6 is 15.9 Å². The van der Waals surface area contributed by atoms with Gasteiger partial charge in [0.1, 0.15) is 0 Å². The first-order chi connectivity index (χ1) is 4.72. The fourth-order valence-electron chi connectivity index (χ4n) is 1.02. The van der Waals surface area contributed by atoms with E-state index in [9.17, 15) is 9.90 Å². The number of aliphatic carboxylic acids is 1. The Bertz CT molecular complexity index is 165. The van der Waals surface area contributed by atoms with Gasteiger partial charge in [-0.2, -0.15) is 0 Å². The van der Waals surface area contributed by atoms with Crippen molar-refractivity contribution in [2.45, 2.75) is 17.7 Å². The third kappa shape index (κ3) is 1.59. The highest BCUT2D eigenvalue weighted by atomic mass is 79.9. The molecule has 0 saturated carbocycles. The summed E-state index contributed by atoms with van der Waals surface area (Å²) < 4.78 is 0. The third-order valence-electron chi connectivity index (χ3n) is 1.61. The highest BCUT2D eigenvalue weighted by Crippen LogP contribution is 2.23. The highest BCUT2D eigenvalue weighted by Gasteiger charge is 2.18. The van der Waals surface area contributed by atoms with Gasteiger partial charge in [-0.05, 0) is 12.8 Å². The molecule has 2 unspecified atom stereocenters. The minimum Gasteiger partial charge on any atom is -0.549 e. The van der Waals surface area contributed by atoms with Crippen LogP contribution < -0.4 is 5.11 Å². The number of allylic oxidation sites excluding steroid dienone is 1. The molecule has 0 aromatic heterocycles. The molecule has 1 aliphatic rings. The smallest absolute Gasteiger partial charge is 0.0494 e. The molecule has 56 valence electrons. The molecule has 0 fully saturated rings. The number of halogens is 1. The van der Waals surface area contributed by atoms with Crippen LogP contribution in [0.5, 0.6) is 0 Å². The monoisotopic (exact) mass is 203 g/mol. The lowest BCUT2D eigenvalue weighted by Gasteiger charge is -2.22. The van der Waals surface area contributed by atoms with E-state index in [1.807, 2.05) is 6.08 Å². The topological polar surface area (TPSA) is 40.1 Å². The molecule has 0 bridgehead atoms. The molecule has 0 aliphatic heterocycles. The van der Waals surface area contributed by atoms with Gasteiger partial charge >= 0.3 is 0 Å². The summed E-state index contributed by atoms with van der Waals surface area (Å²) in [6.07, 6.45) is 5.42. The van der Waals surface area contributed by atoms with Crippen molar-refractivity contribution >= 4 is 21.9 Å². The summed E-state index contributed by atoms with van der Waals surface area (Å²) in [6.45, 7) is 0. The van der Waals surface area contributed by atoms with Crippen LogP contribution in [0.1, 0.15) is 12.8 Å². The van der Waals surface area contributed by atoms with Gasteiger partial charge in [-0.15, -0.1) is 0 Å². The van der Waals surface area contributed by atoms with Crippen molar-refractivity contribution in [2.24, 2.45) is 5.92 Å². The molecule has 10 heavy (non-hydrogen) atoms. The van der Waals surface area contributed by atoms with E-state index in [1.165, 1.54) is 0 Å². The molecule has 1 rings (SSSR count). The molecular weight excluding hydrogens is 196 g/mol. The van der Waals surface area contributed by atoms with E-state index in [-0.39, 0.29) is 4.83 Å². The van der Waals surface area contributed by atoms with Crippen LogP contribution in [0.25, 0.3) is 0 Å². The number of hydrogen-bond donors (Lipinski definition) is 0. The predicted octanol–water partition coefficient (Wildman–Crippen LogP) is 0.466. The van der Waals surface area contributed by atoms with Crippen LogP contribution in [0.2, 0.25) is 0 Å². The van der Waals surface area contributed by atoms with Crippen LogP contribution in [-0.2, 0) is 4.79 Å². The lowest BCUT2D eigenvalue weighted by atomic mass is 9.96. The van der Waals surface area contributed by atoms with E-state index < -0.39 is 11.9 Å². The molecule has 1 aliphatic carbocycles. The summed E-state index contributed by atoms with van der Waals surface area (Å²) in [6, 6.07) is 0. The minimum atomic E-state index is -0.988. The van der Waals surface area contributed by atoms with Crippen molar-refractivity contribution in [1.29, 1.82) is 0 Å². The van der Waals surface area contributed by atoms with Gasteiger partial charge in [0.05, 0.1) is 0 Å². The standard InChI is InChI=1S/C7H9BrO2/c8-6-4-2-1-3-5(6)7(9)10/h1,3,5-6H,2,4H2,(H,9,10)/p-1. The van der Waals surface area contributed by atoms with Crippen molar-refractivity contribution in [3.8, 4) is 0 Å². The molecule has 0 aromatic carbocycles. The fourth-order valence-corrected chi connectivity index (χ4v) is 1.68. The van der Waals surface area contributed by atoms with E-state index in [1.54, 1.807) is 6.08 Å². The minimum absolute atomic E-state index is 0.0579. The molecular formula is C7H8BrO2-. The SMILES string of the molecule is O=C([O-])C1C=CCCC1Br. The van der Waals surface area contributed by atoms with Gasteiger partial charge < -0.3 is 9.90 Å². The molecule has 0 spiro atoms. The average Bonchev–Trinajstić information content (AvgIpc) is 1.88. The summed E-state index contributed by atoms with van der Waals surface area (Å²) in [5.41, 5.74) is 0. The van der Waals surface area contributed by atoms with Gasteiger partial charge in [0.25, 0.3) is 0 Å². The Balaban J connectivity index is 2.64. The Kier molecular flexibility index (Phi) is 2.49.